The molecule has 10 heteroatoms. The number of amides is 3. The number of carbonyl (C=O) groups excluding carboxylic acids is 2. The molecule has 5 N–H and O–H groups in total. The van der Waals surface area contributed by atoms with Crippen molar-refractivity contribution in [2.24, 2.45) is 5.73 Å². The first kappa shape index (κ1) is 26.1. The molecule has 0 fully saturated rings. The van der Waals surface area contributed by atoms with Crippen molar-refractivity contribution < 1.29 is 14.3 Å². The Morgan fingerprint density at radius 1 is 0.967 bits per heavy atom. The third-order valence-corrected chi connectivity index (χ3v) is 5.14. The highest BCUT2D eigenvalue weighted by Crippen LogP contribution is 2.11. The predicted molar refractivity (Wildman–Crippen MR) is 120 cm³/mol. The van der Waals surface area contributed by atoms with E-state index in [0.717, 1.165) is 31.0 Å². The number of hydrazine groups is 1. The molecule has 172 valence electrons. The van der Waals surface area contributed by atoms with Gasteiger partial charge in [-0.1, -0.05) is 64.7 Å². The normalized spacial score (nSPS) is 10.7. The summed E-state index contributed by atoms with van der Waals surface area (Å²) in [5.74, 6) is -0.169. The Morgan fingerprint density at radius 2 is 1.60 bits per heavy atom. The first-order valence-electron chi connectivity index (χ1n) is 11.1. The molecule has 0 atom stereocenters. The van der Waals surface area contributed by atoms with Gasteiger partial charge >= 0.3 is 6.03 Å². The van der Waals surface area contributed by atoms with E-state index < -0.39 is 5.91 Å². The van der Waals surface area contributed by atoms with Crippen LogP contribution in [0.5, 0.6) is 0 Å². The maximum atomic E-state index is 11.7. The second-order valence-corrected chi connectivity index (χ2v) is 8.06. The molecule has 3 amide bonds. The number of unbranched alkanes of at least 4 members (excludes halogenated alkanes) is 9. The molecule has 0 aliphatic rings. The summed E-state index contributed by atoms with van der Waals surface area (Å²) in [7, 11) is 0. The van der Waals surface area contributed by atoms with Crippen LogP contribution in [0, 0.1) is 0 Å². The largest absolute Gasteiger partial charge is 0.381 e. The topological polar surface area (TPSA) is 131 Å². The van der Waals surface area contributed by atoms with Gasteiger partial charge in [-0.3, -0.25) is 10.2 Å². The van der Waals surface area contributed by atoms with Crippen LogP contribution in [-0.4, -0.2) is 41.1 Å². The lowest BCUT2D eigenvalue weighted by molar-refractivity contribution is -0.117. The summed E-state index contributed by atoms with van der Waals surface area (Å²) in [6.45, 7) is 4.20. The Morgan fingerprint density at radius 3 is 2.27 bits per heavy atom. The first-order chi connectivity index (χ1) is 14.6. The Kier molecular flexibility index (Phi) is 15.6. The Hall–Kier alpha value is -1.94. The van der Waals surface area contributed by atoms with Gasteiger partial charge in [0.15, 0.2) is 5.82 Å². The summed E-state index contributed by atoms with van der Waals surface area (Å²) in [6.07, 6.45) is 13.9. The molecule has 0 saturated carbocycles. The van der Waals surface area contributed by atoms with Crippen LogP contribution in [0.2, 0.25) is 0 Å². The molecular formula is C20H38N6O3S. The fourth-order valence-corrected chi connectivity index (χ4v) is 3.40. The number of aromatic nitrogens is 2. The Labute approximate surface area is 184 Å². The highest BCUT2D eigenvalue weighted by molar-refractivity contribution is 7.09. The molecule has 0 aliphatic heterocycles. The lowest BCUT2D eigenvalue weighted by Gasteiger charge is -2.08. The van der Waals surface area contributed by atoms with Gasteiger partial charge in [0.25, 0.3) is 0 Å². The van der Waals surface area contributed by atoms with Gasteiger partial charge in [0, 0.05) is 31.3 Å². The van der Waals surface area contributed by atoms with Crippen molar-refractivity contribution in [2.75, 3.05) is 25.2 Å². The smallest absolute Gasteiger partial charge is 0.333 e. The predicted octanol–water partition coefficient (Wildman–Crippen LogP) is 3.52. The fraction of sp³-hybridized carbons (Fsp3) is 0.800. The molecule has 9 nitrogen and oxygen atoms in total. The molecule has 1 rings (SSSR count). The van der Waals surface area contributed by atoms with Crippen LogP contribution in [0.15, 0.2) is 0 Å². The number of ether oxygens (including phenoxy) is 1. The molecule has 0 spiro atoms. The quantitative estimate of drug-likeness (QED) is 0.191. The highest BCUT2D eigenvalue weighted by atomic mass is 32.1. The molecule has 1 aromatic rings. The highest BCUT2D eigenvalue weighted by Gasteiger charge is 2.07. The van der Waals surface area contributed by atoms with Gasteiger partial charge in [0.1, 0.15) is 0 Å². The van der Waals surface area contributed by atoms with E-state index in [4.69, 9.17) is 10.5 Å². The molecule has 0 bridgehead atoms. The van der Waals surface area contributed by atoms with Crippen LogP contribution >= 0.6 is 11.5 Å². The van der Waals surface area contributed by atoms with E-state index in [1.807, 2.05) is 0 Å². The van der Waals surface area contributed by atoms with Crippen molar-refractivity contribution in [2.45, 2.75) is 84.0 Å². The van der Waals surface area contributed by atoms with E-state index in [9.17, 15) is 9.59 Å². The monoisotopic (exact) mass is 442 g/mol. The average molecular weight is 443 g/mol. The van der Waals surface area contributed by atoms with Gasteiger partial charge in [0.2, 0.25) is 11.0 Å². The Balaban J connectivity index is 1.85. The van der Waals surface area contributed by atoms with Crippen LogP contribution in [-0.2, 0) is 16.0 Å². The van der Waals surface area contributed by atoms with Gasteiger partial charge in [-0.2, -0.15) is 4.37 Å². The van der Waals surface area contributed by atoms with Crippen molar-refractivity contribution in [1.29, 1.82) is 0 Å². The number of hydrogen-bond acceptors (Lipinski definition) is 7. The standard InChI is InChI=1S/C20H38N6O3S/c1-2-3-4-5-6-7-8-9-10-11-14-29-15-12-13-22-19(28)24-25-20-23-18(26-30-20)16-17(21)27/h2-16H2,1H3,(H2,21,27)(H2,22,24,28)(H,23,25,26). The third-order valence-electron chi connectivity index (χ3n) is 4.48. The Bertz CT molecular complexity index is 585. The maximum absolute atomic E-state index is 11.7. The van der Waals surface area contributed by atoms with Gasteiger partial charge in [0.05, 0.1) is 6.42 Å². The van der Waals surface area contributed by atoms with E-state index in [1.165, 1.54) is 57.8 Å². The molecule has 0 aliphatic carbocycles. The van der Waals surface area contributed by atoms with Crippen LogP contribution in [0.3, 0.4) is 0 Å². The van der Waals surface area contributed by atoms with E-state index in [2.05, 4.69) is 32.4 Å². The number of hydrogen-bond donors (Lipinski definition) is 4. The summed E-state index contributed by atoms with van der Waals surface area (Å²) in [6, 6.07) is -0.364. The molecular weight excluding hydrogens is 404 g/mol. The van der Waals surface area contributed by atoms with Crippen LogP contribution in [0.1, 0.15) is 83.4 Å². The van der Waals surface area contributed by atoms with E-state index in [-0.39, 0.29) is 12.5 Å². The van der Waals surface area contributed by atoms with Gasteiger partial charge in [-0.25, -0.2) is 15.2 Å². The summed E-state index contributed by atoms with van der Waals surface area (Å²) >= 11 is 1.04. The van der Waals surface area contributed by atoms with Crippen molar-refractivity contribution in [3.8, 4) is 0 Å². The van der Waals surface area contributed by atoms with Gasteiger partial charge in [-0.15, -0.1) is 0 Å². The first-order valence-corrected chi connectivity index (χ1v) is 11.9. The van der Waals surface area contributed by atoms with Crippen molar-refractivity contribution in [3.63, 3.8) is 0 Å². The second-order valence-electron chi connectivity index (χ2n) is 7.31. The van der Waals surface area contributed by atoms with Crippen LogP contribution < -0.4 is 21.9 Å². The fourth-order valence-electron chi connectivity index (χ4n) is 2.86. The summed E-state index contributed by atoms with van der Waals surface area (Å²) < 4.78 is 9.57. The number of nitrogens with zero attached hydrogens (tertiary/aromatic N) is 2. The summed E-state index contributed by atoms with van der Waals surface area (Å²) in [5, 5.41) is 3.12. The number of anilines is 1. The molecule has 0 unspecified atom stereocenters. The van der Waals surface area contributed by atoms with Crippen molar-refractivity contribution in [1.82, 2.24) is 20.1 Å². The summed E-state index contributed by atoms with van der Waals surface area (Å²) in [5.41, 5.74) is 10.2. The average Bonchev–Trinajstić information content (AvgIpc) is 3.16. The molecule has 1 heterocycles. The van der Waals surface area contributed by atoms with E-state index >= 15 is 0 Å². The number of primary amides is 1. The SMILES string of the molecule is CCCCCCCCCCCCOCCCNC(=O)NNc1nc(CC(N)=O)ns1. The van der Waals surface area contributed by atoms with Gasteiger partial charge in [-0.05, 0) is 12.8 Å². The van der Waals surface area contributed by atoms with E-state index in [1.54, 1.807) is 0 Å². The number of nitrogens with one attached hydrogen (secondary N) is 3. The van der Waals surface area contributed by atoms with Crippen LogP contribution in [0.4, 0.5) is 9.93 Å². The number of rotatable bonds is 19. The van der Waals surface area contributed by atoms with Crippen LogP contribution in [0.25, 0.3) is 0 Å². The zero-order valence-corrected chi connectivity index (χ0v) is 19.0. The van der Waals surface area contributed by atoms with Crippen molar-refractivity contribution in [3.05, 3.63) is 5.82 Å². The van der Waals surface area contributed by atoms with Gasteiger partial charge < -0.3 is 15.8 Å². The van der Waals surface area contributed by atoms with Crippen molar-refractivity contribution >= 4 is 28.6 Å². The second kappa shape index (κ2) is 17.9. The molecule has 0 saturated heterocycles. The zero-order chi connectivity index (χ0) is 21.9. The molecule has 0 radical (unpaired) electrons. The number of carbonyl (C=O) groups is 2. The lowest BCUT2D eigenvalue weighted by atomic mass is 10.1. The minimum atomic E-state index is -0.500. The minimum absolute atomic E-state index is 0.0243. The zero-order valence-electron chi connectivity index (χ0n) is 18.2. The molecule has 0 aromatic carbocycles. The number of urea groups is 1. The van der Waals surface area contributed by atoms with E-state index in [0.29, 0.717) is 24.1 Å². The third kappa shape index (κ3) is 15.0. The molecule has 1 aromatic heterocycles. The molecule has 30 heavy (non-hydrogen) atoms. The minimum Gasteiger partial charge on any atom is -0.381 e. The maximum Gasteiger partial charge on any atom is 0.333 e. The summed E-state index contributed by atoms with van der Waals surface area (Å²) in [4.78, 5) is 26.5. The number of nitrogens with two attached hydrogens (primary N) is 1. The lowest BCUT2D eigenvalue weighted by Crippen LogP contribution is -2.39.